The minimum absolute atomic E-state index is 0.119. The highest BCUT2D eigenvalue weighted by Crippen LogP contribution is 2.28. The minimum Gasteiger partial charge on any atom is -0.367 e. The summed E-state index contributed by atoms with van der Waals surface area (Å²) >= 11 is 0. The zero-order chi connectivity index (χ0) is 17.6. The topological polar surface area (TPSA) is 87.3 Å². The van der Waals surface area contributed by atoms with E-state index in [2.05, 4.69) is 16.4 Å². The highest BCUT2D eigenvalue weighted by atomic mass is 32.2. The van der Waals surface area contributed by atoms with Crippen molar-refractivity contribution < 1.29 is 8.42 Å². The van der Waals surface area contributed by atoms with Gasteiger partial charge >= 0.3 is 0 Å². The number of fused-ring (bicyclic) bond motifs is 3. The molecule has 0 radical (unpaired) electrons. The van der Waals surface area contributed by atoms with E-state index >= 15 is 0 Å². The van der Waals surface area contributed by atoms with E-state index in [0.29, 0.717) is 24.1 Å². The van der Waals surface area contributed by atoms with Crippen LogP contribution in [0, 0.1) is 11.3 Å². The number of sulfone groups is 1. The molecule has 0 saturated carbocycles. The van der Waals surface area contributed by atoms with Crippen LogP contribution in [0.1, 0.15) is 24.5 Å². The normalized spacial score (nSPS) is 19.3. The van der Waals surface area contributed by atoms with Crippen molar-refractivity contribution in [3.8, 4) is 6.07 Å². The van der Waals surface area contributed by atoms with Gasteiger partial charge in [-0.15, -0.1) is 0 Å². The van der Waals surface area contributed by atoms with Crippen LogP contribution in [0.25, 0.3) is 16.7 Å². The quantitative estimate of drug-likeness (QED) is 0.781. The molecule has 0 spiro atoms. The lowest BCUT2D eigenvalue weighted by molar-refractivity contribution is 0.602. The maximum Gasteiger partial charge on any atom is 0.157 e. The van der Waals surface area contributed by atoms with Crippen LogP contribution >= 0.6 is 0 Å². The average Bonchev–Trinajstić information content (AvgIpc) is 3.14. The summed E-state index contributed by atoms with van der Waals surface area (Å²) in [6.45, 7) is 2.00. The number of benzene rings is 1. The summed E-state index contributed by atoms with van der Waals surface area (Å²) in [5, 5.41) is 13.0. The van der Waals surface area contributed by atoms with Gasteiger partial charge in [-0.2, -0.15) is 5.26 Å². The number of anilines is 1. The molecule has 4 rings (SSSR count). The summed E-state index contributed by atoms with van der Waals surface area (Å²) in [5.74, 6) is 1.15. The van der Waals surface area contributed by atoms with E-state index in [1.54, 1.807) is 0 Å². The zero-order valence-corrected chi connectivity index (χ0v) is 14.7. The summed E-state index contributed by atoms with van der Waals surface area (Å²) in [6, 6.07) is 11.8. The first-order chi connectivity index (χ1) is 12.0. The monoisotopic (exact) mass is 354 g/mol. The van der Waals surface area contributed by atoms with Crippen LogP contribution in [0.2, 0.25) is 0 Å². The van der Waals surface area contributed by atoms with Crippen LogP contribution in [0.15, 0.2) is 30.3 Å². The largest absolute Gasteiger partial charge is 0.367 e. The first kappa shape index (κ1) is 15.9. The molecule has 1 N–H and O–H groups in total. The van der Waals surface area contributed by atoms with E-state index in [-0.39, 0.29) is 17.5 Å². The van der Waals surface area contributed by atoms with Crippen LogP contribution < -0.4 is 5.32 Å². The molecule has 1 atom stereocenters. The van der Waals surface area contributed by atoms with Crippen molar-refractivity contribution in [2.75, 3.05) is 16.8 Å². The molecule has 1 fully saturated rings. The Morgan fingerprint density at radius 3 is 2.88 bits per heavy atom. The predicted octanol–water partition coefficient (Wildman–Crippen LogP) is 2.52. The number of aryl methyl sites for hydroxylation is 1. The fourth-order valence-electron chi connectivity index (χ4n) is 3.51. The number of nitriles is 1. The van der Waals surface area contributed by atoms with E-state index in [1.165, 1.54) is 0 Å². The molecule has 1 aromatic carbocycles. The third-order valence-corrected chi connectivity index (χ3v) is 6.50. The van der Waals surface area contributed by atoms with Gasteiger partial charge in [-0.3, -0.25) is 4.40 Å². The van der Waals surface area contributed by atoms with E-state index in [1.807, 2.05) is 41.7 Å². The van der Waals surface area contributed by atoms with Crippen molar-refractivity contribution in [3.05, 3.63) is 41.5 Å². The standard InChI is InChI=1S/C18H18N4O2S/c1-2-12-9-17(20-13-7-8-25(23,24)11-13)22-16-6-4-3-5-15(16)21-18(22)14(12)10-19/h3-6,9,13,20H,2,7-8,11H2,1H3. The molecule has 1 aliphatic heterocycles. The molecule has 3 heterocycles. The van der Waals surface area contributed by atoms with Gasteiger partial charge < -0.3 is 5.32 Å². The van der Waals surface area contributed by atoms with Gasteiger partial charge in [0.1, 0.15) is 11.9 Å². The molecular formula is C18H18N4O2S. The van der Waals surface area contributed by atoms with Crippen molar-refractivity contribution in [2.45, 2.75) is 25.8 Å². The Balaban J connectivity index is 1.95. The van der Waals surface area contributed by atoms with Crippen LogP contribution in [0.4, 0.5) is 5.82 Å². The van der Waals surface area contributed by atoms with E-state index < -0.39 is 9.84 Å². The van der Waals surface area contributed by atoms with Crippen molar-refractivity contribution in [2.24, 2.45) is 0 Å². The Kier molecular flexibility index (Phi) is 3.65. The van der Waals surface area contributed by atoms with Gasteiger partial charge in [0.05, 0.1) is 28.1 Å². The average molecular weight is 354 g/mol. The summed E-state index contributed by atoms with van der Waals surface area (Å²) in [4.78, 5) is 4.64. The van der Waals surface area contributed by atoms with Crippen LogP contribution in [-0.2, 0) is 16.3 Å². The summed E-state index contributed by atoms with van der Waals surface area (Å²) in [5.41, 5.74) is 3.82. The number of rotatable bonds is 3. The maximum absolute atomic E-state index is 11.8. The number of para-hydroxylation sites is 2. The molecule has 1 aliphatic rings. The fourth-order valence-corrected chi connectivity index (χ4v) is 5.18. The number of hydrogen-bond donors (Lipinski definition) is 1. The lowest BCUT2D eigenvalue weighted by atomic mass is 10.1. The fraction of sp³-hybridized carbons (Fsp3) is 0.333. The molecule has 1 unspecified atom stereocenters. The molecular weight excluding hydrogens is 336 g/mol. The Morgan fingerprint density at radius 1 is 1.40 bits per heavy atom. The van der Waals surface area contributed by atoms with E-state index in [9.17, 15) is 13.7 Å². The zero-order valence-electron chi connectivity index (χ0n) is 13.9. The van der Waals surface area contributed by atoms with Crippen LogP contribution in [0.3, 0.4) is 0 Å². The van der Waals surface area contributed by atoms with Crippen molar-refractivity contribution in [1.82, 2.24) is 9.38 Å². The van der Waals surface area contributed by atoms with Crippen molar-refractivity contribution >= 4 is 32.3 Å². The molecule has 3 aromatic rings. The second-order valence-corrected chi connectivity index (χ2v) is 8.63. The Labute approximate surface area is 146 Å². The Hall–Kier alpha value is -2.59. The molecule has 7 heteroatoms. The second-order valence-electron chi connectivity index (χ2n) is 6.40. The van der Waals surface area contributed by atoms with Gasteiger partial charge in [-0.1, -0.05) is 19.1 Å². The second kappa shape index (κ2) is 5.74. The smallest absolute Gasteiger partial charge is 0.157 e. The molecule has 25 heavy (non-hydrogen) atoms. The molecule has 1 saturated heterocycles. The molecule has 128 valence electrons. The van der Waals surface area contributed by atoms with Gasteiger partial charge in [0, 0.05) is 6.04 Å². The van der Waals surface area contributed by atoms with Crippen molar-refractivity contribution in [3.63, 3.8) is 0 Å². The van der Waals surface area contributed by atoms with E-state index in [0.717, 1.165) is 22.4 Å². The lowest BCUT2D eigenvalue weighted by Gasteiger charge is -2.17. The van der Waals surface area contributed by atoms with Gasteiger partial charge in [-0.25, -0.2) is 13.4 Å². The predicted molar refractivity (Wildman–Crippen MR) is 97.5 cm³/mol. The number of imidazole rings is 1. The number of pyridine rings is 1. The van der Waals surface area contributed by atoms with Gasteiger partial charge in [0.25, 0.3) is 0 Å². The highest BCUT2D eigenvalue weighted by molar-refractivity contribution is 7.91. The third kappa shape index (κ3) is 2.63. The van der Waals surface area contributed by atoms with E-state index in [4.69, 9.17) is 0 Å². The molecule has 2 aromatic heterocycles. The molecule has 0 bridgehead atoms. The summed E-state index contributed by atoms with van der Waals surface area (Å²) in [7, 11) is -2.97. The van der Waals surface area contributed by atoms with Crippen molar-refractivity contribution in [1.29, 1.82) is 5.26 Å². The Morgan fingerprint density at radius 2 is 2.20 bits per heavy atom. The van der Waals surface area contributed by atoms with Gasteiger partial charge in [0.15, 0.2) is 15.5 Å². The number of hydrogen-bond acceptors (Lipinski definition) is 5. The minimum atomic E-state index is -2.97. The van der Waals surface area contributed by atoms with Crippen LogP contribution in [-0.4, -0.2) is 35.4 Å². The molecule has 0 amide bonds. The first-order valence-corrected chi connectivity index (χ1v) is 10.1. The van der Waals surface area contributed by atoms with Gasteiger partial charge in [-0.05, 0) is 36.6 Å². The third-order valence-electron chi connectivity index (χ3n) is 4.73. The molecule has 6 nitrogen and oxygen atoms in total. The lowest BCUT2D eigenvalue weighted by Crippen LogP contribution is -2.22. The summed E-state index contributed by atoms with van der Waals surface area (Å²) in [6.07, 6.45) is 1.30. The number of nitrogens with one attached hydrogen (secondary N) is 1. The summed E-state index contributed by atoms with van der Waals surface area (Å²) < 4.78 is 25.5. The molecule has 0 aliphatic carbocycles. The van der Waals surface area contributed by atoms with Gasteiger partial charge in [0.2, 0.25) is 0 Å². The Bertz CT molecular complexity index is 1130. The number of nitrogens with zero attached hydrogens (tertiary/aromatic N) is 3. The van der Waals surface area contributed by atoms with Crippen LogP contribution in [0.5, 0.6) is 0 Å². The SMILES string of the molecule is CCc1cc(NC2CCS(=O)(=O)C2)n2c(nc3ccccc32)c1C#N. The maximum atomic E-state index is 11.8. The number of aromatic nitrogens is 2. The first-order valence-electron chi connectivity index (χ1n) is 8.32. The highest BCUT2D eigenvalue weighted by Gasteiger charge is 2.28.